The number of benzene rings is 2. The molecule has 1 heterocycles. The van der Waals surface area contributed by atoms with Crippen LogP contribution in [0.4, 0.5) is 0 Å². The van der Waals surface area contributed by atoms with Gasteiger partial charge < -0.3 is 0 Å². The minimum absolute atomic E-state index is 0.791. The van der Waals surface area contributed by atoms with Crippen LogP contribution in [0.2, 0.25) is 0 Å². The fourth-order valence-electron chi connectivity index (χ4n) is 2.76. The Balaban J connectivity index is 2.33. The standard InChI is InChI=1S/C18H16N2O/c1-13-15(11-6-12-21)18(20(2)19-13)17-10-5-8-14-7-3-4-9-16(14)17/h3-12H,1-2H3/b11-6+. The highest BCUT2D eigenvalue weighted by Crippen LogP contribution is 2.32. The third-order valence-corrected chi connectivity index (χ3v) is 3.65. The van der Waals surface area contributed by atoms with Crippen LogP contribution in [0.3, 0.4) is 0 Å². The van der Waals surface area contributed by atoms with E-state index in [-0.39, 0.29) is 0 Å². The van der Waals surface area contributed by atoms with Gasteiger partial charge in [0, 0.05) is 18.2 Å². The van der Waals surface area contributed by atoms with E-state index in [4.69, 9.17) is 0 Å². The molecule has 0 bridgehead atoms. The Morgan fingerprint density at radius 1 is 1.10 bits per heavy atom. The van der Waals surface area contributed by atoms with Crippen LogP contribution in [0, 0.1) is 6.92 Å². The number of aryl methyl sites for hydroxylation is 2. The number of allylic oxidation sites excluding steroid dienone is 1. The molecule has 0 aliphatic rings. The number of hydrogen-bond donors (Lipinski definition) is 0. The average molecular weight is 276 g/mol. The molecule has 0 aliphatic heterocycles. The Hall–Kier alpha value is -2.68. The molecular formula is C18H16N2O. The normalized spacial score (nSPS) is 11.3. The lowest BCUT2D eigenvalue weighted by atomic mass is 9.99. The largest absolute Gasteiger partial charge is 0.299 e. The molecule has 21 heavy (non-hydrogen) atoms. The molecule has 3 aromatic rings. The summed E-state index contributed by atoms with van der Waals surface area (Å²) in [5, 5.41) is 6.87. The maximum absolute atomic E-state index is 10.6. The van der Waals surface area contributed by atoms with Crippen molar-refractivity contribution in [3.05, 3.63) is 59.8 Å². The van der Waals surface area contributed by atoms with Gasteiger partial charge in [-0.25, -0.2) is 0 Å². The fraction of sp³-hybridized carbons (Fsp3) is 0.111. The van der Waals surface area contributed by atoms with E-state index in [1.54, 1.807) is 0 Å². The molecule has 0 spiro atoms. The number of aromatic nitrogens is 2. The maximum atomic E-state index is 10.6. The molecule has 0 atom stereocenters. The first kappa shape index (κ1) is 13.3. The van der Waals surface area contributed by atoms with Crippen molar-refractivity contribution in [2.24, 2.45) is 7.05 Å². The zero-order chi connectivity index (χ0) is 14.8. The summed E-state index contributed by atoms with van der Waals surface area (Å²) in [6.07, 6.45) is 4.13. The monoisotopic (exact) mass is 276 g/mol. The van der Waals surface area contributed by atoms with Crippen molar-refractivity contribution in [1.29, 1.82) is 0 Å². The average Bonchev–Trinajstić information content (AvgIpc) is 2.78. The van der Waals surface area contributed by atoms with Crippen LogP contribution in [-0.2, 0) is 11.8 Å². The molecule has 3 rings (SSSR count). The van der Waals surface area contributed by atoms with Crippen LogP contribution in [-0.4, -0.2) is 16.1 Å². The number of nitrogens with zero attached hydrogens (tertiary/aromatic N) is 2. The van der Waals surface area contributed by atoms with Gasteiger partial charge in [0.1, 0.15) is 6.29 Å². The third-order valence-electron chi connectivity index (χ3n) is 3.65. The van der Waals surface area contributed by atoms with E-state index in [2.05, 4.69) is 29.4 Å². The van der Waals surface area contributed by atoms with Crippen LogP contribution in [0.5, 0.6) is 0 Å². The fourth-order valence-corrected chi connectivity index (χ4v) is 2.76. The quantitative estimate of drug-likeness (QED) is 0.539. The predicted molar refractivity (Wildman–Crippen MR) is 86.0 cm³/mol. The van der Waals surface area contributed by atoms with Crippen LogP contribution < -0.4 is 0 Å². The summed E-state index contributed by atoms with van der Waals surface area (Å²) < 4.78 is 1.88. The van der Waals surface area contributed by atoms with E-state index in [0.29, 0.717) is 0 Å². The molecule has 0 N–H and O–H groups in total. The van der Waals surface area contributed by atoms with E-state index >= 15 is 0 Å². The summed E-state index contributed by atoms with van der Waals surface area (Å²) in [7, 11) is 1.93. The van der Waals surface area contributed by atoms with Crippen molar-refractivity contribution in [2.75, 3.05) is 0 Å². The summed E-state index contributed by atoms with van der Waals surface area (Å²) in [5.41, 5.74) is 4.06. The van der Waals surface area contributed by atoms with Crippen molar-refractivity contribution in [3.8, 4) is 11.3 Å². The van der Waals surface area contributed by atoms with Crippen molar-refractivity contribution >= 4 is 23.1 Å². The molecule has 0 radical (unpaired) electrons. The minimum Gasteiger partial charge on any atom is -0.299 e. The minimum atomic E-state index is 0.791. The summed E-state index contributed by atoms with van der Waals surface area (Å²) >= 11 is 0. The number of fused-ring (bicyclic) bond motifs is 1. The van der Waals surface area contributed by atoms with Crippen molar-refractivity contribution in [1.82, 2.24) is 9.78 Å². The zero-order valence-corrected chi connectivity index (χ0v) is 12.1. The van der Waals surface area contributed by atoms with Crippen molar-refractivity contribution in [3.63, 3.8) is 0 Å². The number of carbonyl (C=O) groups excluding carboxylic acids is 1. The zero-order valence-electron chi connectivity index (χ0n) is 12.1. The van der Waals surface area contributed by atoms with Gasteiger partial charge in [0.05, 0.1) is 11.4 Å². The molecule has 3 nitrogen and oxygen atoms in total. The van der Waals surface area contributed by atoms with Gasteiger partial charge >= 0.3 is 0 Å². The van der Waals surface area contributed by atoms with Gasteiger partial charge in [0.15, 0.2) is 0 Å². The van der Waals surface area contributed by atoms with Gasteiger partial charge in [-0.2, -0.15) is 5.10 Å². The number of aldehydes is 1. The Kier molecular flexibility index (Phi) is 3.40. The maximum Gasteiger partial charge on any atom is 0.142 e. The Labute approximate surface area is 123 Å². The highest BCUT2D eigenvalue weighted by molar-refractivity contribution is 5.98. The Bertz CT molecular complexity index is 838. The van der Waals surface area contributed by atoms with Gasteiger partial charge in [0.25, 0.3) is 0 Å². The van der Waals surface area contributed by atoms with Gasteiger partial charge in [0.2, 0.25) is 0 Å². The lowest BCUT2D eigenvalue weighted by Crippen LogP contribution is -1.95. The SMILES string of the molecule is Cc1nn(C)c(-c2cccc3ccccc23)c1/C=C/C=O. The molecule has 104 valence electrons. The Morgan fingerprint density at radius 3 is 2.67 bits per heavy atom. The number of hydrogen-bond acceptors (Lipinski definition) is 2. The third kappa shape index (κ3) is 2.27. The van der Waals surface area contributed by atoms with Crippen molar-refractivity contribution in [2.45, 2.75) is 6.92 Å². The number of rotatable bonds is 3. The van der Waals surface area contributed by atoms with Crippen LogP contribution in [0.15, 0.2) is 48.5 Å². The van der Waals surface area contributed by atoms with Crippen molar-refractivity contribution < 1.29 is 4.79 Å². The van der Waals surface area contributed by atoms with E-state index in [1.807, 2.05) is 42.9 Å². The van der Waals surface area contributed by atoms with E-state index in [9.17, 15) is 4.79 Å². The van der Waals surface area contributed by atoms with E-state index in [1.165, 1.54) is 16.8 Å². The van der Waals surface area contributed by atoms with Crippen LogP contribution in [0.1, 0.15) is 11.3 Å². The van der Waals surface area contributed by atoms with E-state index in [0.717, 1.165) is 28.8 Å². The lowest BCUT2D eigenvalue weighted by Gasteiger charge is -2.08. The molecule has 2 aromatic carbocycles. The van der Waals surface area contributed by atoms with Crippen LogP contribution in [0.25, 0.3) is 28.1 Å². The molecular weight excluding hydrogens is 260 g/mol. The molecule has 0 amide bonds. The topological polar surface area (TPSA) is 34.9 Å². The van der Waals surface area contributed by atoms with Gasteiger partial charge in [-0.3, -0.25) is 9.48 Å². The van der Waals surface area contributed by atoms with Crippen LogP contribution >= 0.6 is 0 Å². The molecule has 0 unspecified atom stereocenters. The summed E-state index contributed by atoms with van der Waals surface area (Å²) in [6.45, 7) is 1.96. The first-order chi connectivity index (χ1) is 10.2. The first-order valence-corrected chi connectivity index (χ1v) is 6.86. The lowest BCUT2D eigenvalue weighted by molar-refractivity contribution is -0.104. The number of carbonyl (C=O) groups is 1. The molecule has 0 saturated carbocycles. The van der Waals surface area contributed by atoms with Gasteiger partial charge in [-0.1, -0.05) is 42.5 Å². The smallest absolute Gasteiger partial charge is 0.142 e. The Morgan fingerprint density at radius 2 is 1.86 bits per heavy atom. The van der Waals surface area contributed by atoms with Gasteiger partial charge in [-0.15, -0.1) is 0 Å². The highest BCUT2D eigenvalue weighted by atomic mass is 16.1. The molecule has 0 aliphatic carbocycles. The second-order valence-electron chi connectivity index (χ2n) is 4.99. The summed E-state index contributed by atoms with van der Waals surface area (Å²) in [4.78, 5) is 10.6. The summed E-state index contributed by atoms with van der Waals surface area (Å²) in [6, 6.07) is 14.5. The first-order valence-electron chi connectivity index (χ1n) is 6.86. The second-order valence-corrected chi connectivity index (χ2v) is 4.99. The predicted octanol–water partition coefficient (Wildman–Crippen LogP) is 3.76. The van der Waals surface area contributed by atoms with E-state index < -0.39 is 0 Å². The molecule has 3 heteroatoms. The van der Waals surface area contributed by atoms with Gasteiger partial charge in [-0.05, 0) is 29.8 Å². The second kappa shape index (κ2) is 5.37. The molecule has 0 fully saturated rings. The highest BCUT2D eigenvalue weighted by Gasteiger charge is 2.14. The molecule has 0 saturated heterocycles. The summed E-state index contributed by atoms with van der Waals surface area (Å²) in [5.74, 6) is 0. The molecule has 1 aromatic heterocycles.